The van der Waals surface area contributed by atoms with Crippen molar-refractivity contribution in [1.29, 1.82) is 0 Å². The quantitative estimate of drug-likeness (QED) is 0.677. The van der Waals surface area contributed by atoms with Crippen molar-refractivity contribution in [2.75, 3.05) is 12.4 Å². The van der Waals surface area contributed by atoms with Crippen LogP contribution < -0.4 is 5.56 Å². The van der Waals surface area contributed by atoms with Crippen molar-refractivity contribution in [3.63, 3.8) is 0 Å². The van der Waals surface area contributed by atoms with E-state index in [2.05, 4.69) is 18.2 Å². The van der Waals surface area contributed by atoms with E-state index in [4.69, 9.17) is 10.1 Å². The Morgan fingerprint density at radius 3 is 2.76 bits per heavy atom. The van der Waals surface area contributed by atoms with E-state index >= 15 is 0 Å². The monoisotopic (exact) mass is 356 g/mol. The van der Waals surface area contributed by atoms with Crippen molar-refractivity contribution in [3.05, 3.63) is 45.7 Å². The Bertz CT molecular complexity index is 853. The van der Waals surface area contributed by atoms with Crippen molar-refractivity contribution < 1.29 is 5.11 Å². The lowest BCUT2D eigenvalue weighted by molar-refractivity contribution is 0.282. The highest BCUT2D eigenvalue weighted by Gasteiger charge is 2.43. The van der Waals surface area contributed by atoms with Gasteiger partial charge in [0.05, 0.1) is 17.9 Å². The average molecular weight is 356 g/mol. The van der Waals surface area contributed by atoms with E-state index in [1.54, 1.807) is 4.57 Å². The first-order valence-corrected chi connectivity index (χ1v) is 10.1. The second-order valence-electron chi connectivity index (χ2n) is 7.23. The SMILES string of the molecule is Cn1c(SCCO)nc2c(c1=O)C1(CCCCC1)Cc1ccccc1-2. The van der Waals surface area contributed by atoms with E-state index in [0.717, 1.165) is 36.1 Å². The maximum absolute atomic E-state index is 13.3. The molecular formula is C20H24N2O2S. The van der Waals surface area contributed by atoms with E-state index in [1.807, 2.05) is 13.1 Å². The Morgan fingerprint density at radius 1 is 1.24 bits per heavy atom. The summed E-state index contributed by atoms with van der Waals surface area (Å²) in [6, 6.07) is 8.40. The Kier molecular flexibility index (Phi) is 4.46. The van der Waals surface area contributed by atoms with Crippen LogP contribution in [0.25, 0.3) is 11.3 Å². The summed E-state index contributed by atoms with van der Waals surface area (Å²) in [5, 5.41) is 9.84. The van der Waals surface area contributed by atoms with Gasteiger partial charge in [-0.1, -0.05) is 55.3 Å². The molecule has 0 amide bonds. The van der Waals surface area contributed by atoms with Gasteiger partial charge in [-0.2, -0.15) is 0 Å². The fourth-order valence-electron chi connectivity index (χ4n) is 4.54. The van der Waals surface area contributed by atoms with Gasteiger partial charge in [0, 0.05) is 23.8 Å². The third-order valence-corrected chi connectivity index (χ3v) is 6.72. The zero-order chi connectivity index (χ0) is 17.4. The number of hydrogen-bond donors (Lipinski definition) is 1. The summed E-state index contributed by atoms with van der Waals surface area (Å²) in [5.41, 5.74) is 4.29. The van der Waals surface area contributed by atoms with Gasteiger partial charge in [0.25, 0.3) is 5.56 Å². The number of nitrogens with zero attached hydrogens (tertiary/aromatic N) is 2. The Hall–Kier alpha value is -1.59. The second-order valence-corrected chi connectivity index (χ2v) is 8.29. The van der Waals surface area contributed by atoms with Gasteiger partial charge in [-0.25, -0.2) is 4.98 Å². The van der Waals surface area contributed by atoms with Gasteiger partial charge >= 0.3 is 0 Å². The average Bonchev–Trinajstić information content (AvgIpc) is 2.64. The summed E-state index contributed by atoms with van der Waals surface area (Å²) in [4.78, 5) is 18.2. The third kappa shape index (κ3) is 2.74. The largest absolute Gasteiger partial charge is 0.396 e. The molecule has 25 heavy (non-hydrogen) atoms. The van der Waals surface area contributed by atoms with E-state index in [-0.39, 0.29) is 17.6 Å². The van der Waals surface area contributed by atoms with E-state index in [1.165, 1.54) is 36.6 Å². The van der Waals surface area contributed by atoms with Crippen LogP contribution in [0.1, 0.15) is 43.2 Å². The van der Waals surface area contributed by atoms with Gasteiger partial charge in [0.1, 0.15) is 0 Å². The first kappa shape index (κ1) is 16.9. The smallest absolute Gasteiger partial charge is 0.258 e. The summed E-state index contributed by atoms with van der Waals surface area (Å²) in [5.74, 6) is 0.547. The molecule has 0 aliphatic heterocycles. The van der Waals surface area contributed by atoms with Crippen LogP contribution >= 0.6 is 11.8 Å². The number of aliphatic hydroxyl groups excluding tert-OH is 1. The van der Waals surface area contributed by atoms with Crippen molar-refractivity contribution in [2.45, 2.75) is 49.1 Å². The lowest BCUT2D eigenvalue weighted by Crippen LogP contribution is -2.42. The molecule has 0 saturated heterocycles. The van der Waals surface area contributed by atoms with Crippen molar-refractivity contribution in [3.8, 4) is 11.3 Å². The molecule has 2 aliphatic carbocycles. The molecule has 1 aromatic carbocycles. The van der Waals surface area contributed by atoms with Gasteiger partial charge in [0.15, 0.2) is 5.16 Å². The fraction of sp³-hybridized carbons (Fsp3) is 0.500. The van der Waals surface area contributed by atoms with E-state index in [9.17, 15) is 4.79 Å². The van der Waals surface area contributed by atoms with Crippen molar-refractivity contribution >= 4 is 11.8 Å². The summed E-state index contributed by atoms with van der Waals surface area (Å²) < 4.78 is 1.68. The van der Waals surface area contributed by atoms with Gasteiger partial charge in [-0.3, -0.25) is 9.36 Å². The zero-order valence-corrected chi connectivity index (χ0v) is 15.4. The van der Waals surface area contributed by atoms with Crippen LogP contribution in [-0.2, 0) is 18.9 Å². The Labute approximate surface area is 152 Å². The zero-order valence-electron chi connectivity index (χ0n) is 14.6. The van der Waals surface area contributed by atoms with Gasteiger partial charge < -0.3 is 5.11 Å². The summed E-state index contributed by atoms with van der Waals surface area (Å²) >= 11 is 1.45. The van der Waals surface area contributed by atoms with Crippen LogP contribution in [0.3, 0.4) is 0 Å². The molecule has 0 bridgehead atoms. The number of aliphatic hydroxyl groups is 1. The summed E-state index contributed by atoms with van der Waals surface area (Å²) in [6.07, 6.45) is 6.74. The highest BCUT2D eigenvalue weighted by molar-refractivity contribution is 7.99. The van der Waals surface area contributed by atoms with Crippen molar-refractivity contribution in [1.82, 2.24) is 9.55 Å². The normalized spacial score (nSPS) is 18.0. The number of hydrogen-bond acceptors (Lipinski definition) is 4. The molecule has 4 nitrogen and oxygen atoms in total. The minimum absolute atomic E-state index is 0.0516. The van der Waals surface area contributed by atoms with E-state index in [0.29, 0.717) is 10.9 Å². The molecule has 0 unspecified atom stereocenters. The number of aromatic nitrogens is 2. The molecule has 1 fully saturated rings. The molecule has 2 aromatic rings. The molecule has 132 valence electrons. The van der Waals surface area contributed by atoms with Gasteiger partial charge in [-0.05, 0) is 24.8 Å². The van der Waals surface area contributed by atoms with Crippen LogP contribution in [0.2, 0.25) is 0 Å². The standard InChI is InChI=1S/C20H24N2O2S/c1-22-18(24)16-17(21-19(22)25-12-11-23)15-8-4-3-7-14(15)13-20(16)9-5-2-6-10-20/h3-4,7-8,23H,2,5-6,9-13H2,1H3. The maximum Gasteiger partial charge on any atom is 0.258 e. The molecule has 2 aliphatic rings. The molecule has 1 spiro atoms. The molecule has 0 radical (unpaired) electrons. The highest BCUT2D eigenvalue weighted by atomic mass is 32.2. The first-order valence-electron chi connectivity index (χ1n) is 9.10. The van der Waals surface area contributed by atoms with Crippen LogP contribution in [0.5, 0.6) is 0 Å². The molecule has 1 saturated carbocycles. The highest BCUT2D eigenvalue weighted by Crippen LogP contribution is 2.48. The van der Waals surface area contributed by atoms with Crippen LogP contribution in [-0.4, -0.2) is 27.0 Å². The topological polar surface area (TPSA) is 55.1 Å². The Balaban J connectivity index is 1.97. The Morgan fingerprint density at radius 2 is 2.00 bits per heavy atom. The molecule has 0 atom stereocenters. The van der Waals surface area contributed by atoms with Crippen LogP contribution in [0.4, 0.5) is 0 Å². The summed E-state index contributed by atoms with van der Waals surface area (Å²) in [7, 11) is 1.81. The molecule has 5 heteroatoms. The van der Waals surface area contributed by atoms with Crippen molar-refractivity contribution in [2.24, 2.45) is 7.05 Å². The maximum atomic E-state index is 13.3. The molecular weight excluding hydrogens is 332 g/mol. The minimum Gasteiger partial charge on any atom is -0.396 e. The van der Waals surface area contributed by atoms with E-state index < -0.39 is 0 Å². The van der Waals surface area contributed by atoms with Gasteiger partial charge in [0.2, 0.25) is 0 Å². The van der Waals surface area contributed by atoms with Crippen LogP contribution in [0, 0.1) is 0 Å². The molecule has 1 aromatic heterocycles. The number of benzene rings is 1. The van der Waals surface area contributed by atoms with Gasteiger partial charge in [-0.15, -0.1) is 0 Å². The first-order chi connectivity index (χ1) is 12.2. The molecule has 1 N–H and O–H groups in total. The predicted octanol–water partition coefficient (Wildman–Crippen LogP) is 3.29. The number of rotatable bonds is 3. The number of fused-ring (bicyclic) bond motifs is 4. The minimum atomic E-state index is -0.0516. The summed E-state index contributed by atoms with van der Waals surface area (Å²) in [6.45, 7) is 0.0815. The molecule has 1 heterocycles. The fourth-order valence-corrected chi connectivity index (χ4v) is 5.24. The molecule has 4 rings (SSSR count). The lowest BCUT2D eigenvalue weighted by Gasteiger charge is -2.42. The number of thioether (sulfide) groups is 1. The third-order valence-electron chi connectivity index (χ3n) is 5.71. The lowest BCUT2D eigenvalue weighted by atomic mass is 9.62. The second kappa shape index (κ2) is 6.61. The predicted molar refractivity (Wildman–Crippen MR) is 101 cm³/mol. The van der Waals surface area contributed by atoms with Crippen LogP contribution in [0.15, 0.2) is 34.2 Å².